The molecule has 0 aromatic carbocycles. The van der Waals surface area contributed by atoms with Crippen LogP contribution in [0.2, 0.25) is 0 Å². The first kappa shape index (κ1) is 12.4. The maximum atomic E-state index is 12.3. The molecular formula is C10H19FO2. The van der Waals surface area contributed by atoms with Gasteiger partial charge in [-0.1, -0.05) is 19.3 Å². The van der Waals surface area contributed by atoms with Crippen molar-refractivity contribution in [1.82, 2.24) is 0 Å². The van der Waals surface area contributed by atoms with Gasteiger partial charge < -0.3 is 4.74 Å². The van der Waals surface area contributed by atoms with Gasteiger partial charge in [-0.05, 0) is 19.8 Å². The second-order valence-corrected chi connectivity index (χ2v) is 3.31. The van der Waals surface area contributed by atoms with Gasteiger partial charge in [-0.2, -0.15) is 0 Å². The highest BCUT2D eigenvalue weighted by molar-refractivity contribution is 5.68. The first-order valence-electron chi connectivity index (χ1n) is 4.87. The van der Waals surface area contributed by atoms with Gasteiger partial charge in [0, 0.05) is 6.42 Å². The molecule has 0 aromatic rings. The Morgan fingerprint density at radius 1 is 1.31 bits per heavy atom. The maximum absolute atomic E-state index is 12.3. The van der Waals surface area contributed by atoms with Gasteiger partial charge in [-0.3, -0.25) is 4.79 Å². The zero-order valence-corrected chi connectivity index (χ0v) is 8.51. The number of carbonyl (C=O) groups excluding carboxylic acids is 1. The number of alkyl halides is 1. The van der Waals surface area contributed by atoms with Crippen molar-refractivity contribution in [2.45, 2.75) is 51.6 Å². The third-order valence-electron chi connectivity index (χ3n) is 1.96. The molecule has 0 aliphatic rings. The van der Waals surface area contributed by atoms with Crippen LogP contribution in [0.25, 0.3) is 0 Å². The molecule has 1 unspecified atom stereocenters. The molecule has 0 fully saturated rings. The molecule has 0 saturated carbocycles. The second kappa shape index (κ2) is 8.02. The fraction of sp³-hybridized carbons (Fsp3) is 0.900. The van der Waals surface area contributed by atoms with Crippen molar-refractivity contribution in [3.63, 3.8) is 0 Å². The highest BCUT2D eigenvalue weighted by Gasteiger charge is 2.00. The molecule has 1 atom stereocenters. The minimum atomic E-state index is -0.694. The van der Waals surface area contributed by atoms with Crippen LogP contribution in [-0.2, 0) is 9.53 Å². The number of halogens is 1. The number of unbranched alkanes of at least 4 members (excludes halogenated alkanes) is 3. The summed E-state index contributed by atoms with van der Waals surface area (Å²) in [5.74, 6) is -0.154. The summed E-state index contributed by atoms with van der Waals surface area (Å²) in [5, 5.41) is 0. The molecule has 0 bridgehead atoms. The summed E-state index contributed by atoms with van der Waals surface area (Å²) < 4.78 is 16.8. The van der Waals surface area contributed by atoms with Crippen LogP contribution >= 0.6 is 0 Å². The minimum absolute atomic E-state index is 0.154. The van der Waals surface area contributed by atoms with Gasteiger partial charge in [0.25, 0.3) is 0 Å². The van der Waals surface area contributed by atoms with Crippen molar-refractivity contribution in [2.24, 2.45) is 0 Å². The standard InChI is InChI=1S/C10H19FO2/c1-9(11)7-5-3-4-6-8-10(12)13-2/h9H,3-8H2,1-2H3. The molecule has 2 nitrogen and oxygen atoms in total. The second-order valence-electron chi connectivity index (χ2n) is 3.31. The van der Waals surface area contributed by atoms with Gasteiger partial charge >= 0.3 is 5.97 Å². The number of hydrogen-bond donors (Lipinski definition) is 0. The van der Waals surface area contributed by atoms with Gasteiger partial charge in [0.2, 0.25) is 0 Å². The van der Waals surface area contributed by atoms with E-state index in [4.69, 9.17) is 0 Å². The summed E-state index contributed by atoms with van der Waals surface area (Å²) in [7, 11) is 1.40. The summed E-state index contributed by atoms with van der Waals surface area (Å²) in [6.45, 7) is 1.58. The molecule has 0 spiro atoms. The van der Waals surface area contributed by atoms with E-state index in [2.05, 4.69) is 4.74 Å². The van der Waals surface area contributed by atoms with E-state index in [1.54, 1.807) is 6.92 Å². The Morgan fingerprint density at radius 3 is 2.46 bits per heavy atom. The molecular weight excluding hydrogens is 171 g/mol. The van der Waals surface area contributed by atoms with Crippen molar-refractivity contribution >= 4 is 5.97 Å². The lowest BCUT2D eigenvalue weighted by molar-refractivity contribution is -0.140. The molecule has 0 heterocycles. The Bertz CT molecular complexity index is 135. The van der Waals surface area contributed by atoms with E-state index in [1.807, 2.05) is 0 Å². The molecule has 0 rings (SSSR count). The number of ether oxygens (including phenoxy) is 1. The van der Waals surface area contributed by atoms with Gasteiger partial charge in [-0.15, -0.1) is 0 Å². The first-order valence-corrected chi connectivity index (χ1v) is 4.87. The van der Waals surface area contributed by atoms with E-state index in [0.717, 1.165) is 25.7 Å². The third kappa shape index (κ3) is 9.31. The largest absolute Gasteiger partial charge is 0.469 e. The van der Waals surface area contributed by atoms with Crippen LogP contribution in [0.1, 0.15) is 45.4 Å². The zero-order chi connectivity index (χ0) is 10.1. The van der Waals surface area contributed by atoms with Gasteiger partial charge in [0.15, 0.2) is 0 Å². The Balaban J connectivity index is 3.04. The number of methoxy groups -OCH3 is 1. The fourth-order valence-corrected chi connectivity index (χ4v) is 1.15. The van der Waals surface area contributed by atoms with Crippen molar-refractivity contribution in [2.75, 3.05) is 7.11 Å². The lowest BCUT2D eigenvalue weighted by Gasteiger charge is -2.01. The monoisotopic (exact) mass is 190 g/mol. The van der Waals surface area contributed by atoms with Crippen LogP contribution in [0.4, 0.5) is 4.39 Å². The summed E-state index contributed by atoms with van der Waals surface area (Å²) in [6.07, 6.45) is 4.19. The number of esters is 1. The molecule has 78 valence electrons. The molecule has 0 N–H and O–H groups in total. The zero-order valence-electron chi connectivity index (χ0n) is 8.51. The lowest BCUT2D eigenvalue weighted by atomic mass is 10.1. The topological polar surface area (TPSA) is 26.3 Å². The normalized spacial score (nSPS) is 12.5. The molecule has 3 heteroatoms. The Hall–Kier alpha value is -0.600. The van der Waals surface area contributed by atoms with Crippen molar-refractivity contribution in [3.8, 4) is 0 Å². The van der Waals surface area contributed by atoms with Crippen LogP contribution in [0.15, 0.2) is 0 Å². The predicted molar refractivity (Wildman–Crippen MR) is 50.3 cm³/mol. The predicted octanol–water partition coefficient (Wildman–Crippen LogP) is 2.86. The quantitative estimate of drug-likeness (QED) is 0.456. The summed E-state index contributed by atoms with van der Waals surface area (Å²) in [4.78, 5) is 10.7. The van der Waals surface area contributed by atoms with E-state index in [1.165, 1.54) is 7.11 Å². The highest BCUT2D eigenvalue weighted by atomic mass is 19.1. The number of hydrogen-bond acceptors (Lipinski definition) is 2. The Kier molecular flexibility index (Phi) is 7.65. The highest BCUT2D eigenvalue weighted by Crippen LogP contribution is 2.08. The van der Waals surface area contributed by atoms with Crippen molar-refractivity contribution < 1.29 is 13.9 Å². The third-order valence-corrected chi connectivity index (χ3v) is 1.96. The average Bonchev–Trinajstić information content (AvgIpc) is 2.10. The summed E-state index contributed by atoms with van der Waals surface area (Å²) in [5.41, 5.74) is 0. The molecule has 0 saturated heterocycles. The summed E-state index contributed by atoms with van der Waals surface area (Å²) in [6, 6.07) is 0. The van der Waals surface area contributed by atoms with Crippen LogP contribution < -0.4 is 0 Å². The van der Waals surface area contributed by atoms with Crippen LogP contribution in [0, 0.1) is 0 Å². The molecule has 0 aliphatic heterocycles. The number of carbonyl (C=O) groups is 1. The van der Waals surface area contributed by atoms with E-state index in [9.17, 15) is 9.18 Å². The van der Waals surface area contributed by atoms with E-state index in [0.29, 0.717) is 12.8 Å². The van der Waals surface area contributed by atoms with E-state index >= 15 is 0 Å². The van der Waals surface area contributed by atoms with Crippen LogP contribution in [-0.4, -0.2) is 19.3 Å². The Morgan fingerprint density at radius 2 is 1.92 bits per heavy atom. The van der Waals surface area contributed by atoms with E-state index in [-0.39, 0.29) is 5.97 Å². The van der Waals surface area contributed by atoms with Gasteiger partial charge in [-0.25, -0.2) is 4.39 Å². The lowest BCUT2D eigenvalue weighted by Crippen LogP contribution is -1.99. The van der Waals surface area contributed by atoms with E-state index < -0.39 is 6.17 Å². The van der Waals surface area contributed by atoms with Gasteiger partial charge in [0.1, 0.15) is 0 Å². The van der Waals surface area contributed by atoms with Crippen LogP contribution in [0.5, 0.6) is 0 Å². The molecule has 0 aliphatic carbocycles. The van der Waals surface area contributed by atoms with Crippen molar-refractivity contribution in [1.29, 1.82) is 0 Å². The fourth-order valence-electron chi connectivity index (χ4n) is 1.15. The summed E-state index contributed by atoms with van der Waals surface area (Å²) >= 11 is 0. The van der Waals surface area contributed by atoms with Gasteiger partial charge in [0.05, 0.1) is 13.3 Å². The maximum Gasteiger partial charge on any atom is 0.305 e. The molecule has 0 amide bonds. The van der Waals surface area contributed by atoms with Crippen molar-refractivity contribution in [3.05, 3.63) is 0 Å². The first-order chi connectivity index (χ1) is 6.16. The smallest absolute Gasteiger partial charge is 0.305 e. The average molecular weight is 190 g/mol. The SMILES string of the molecule is COC(=O)CCCCCCC(C)F. The molecule has 13 heavy (non-hydrogen) atoms. The Labute approximate surface area is 79.5 Å². The molecule has 0 aromatic heterocycles. The minimum Gasteiger partial charge on any atom is -0.469 e. The van der Waals surface area contributed by atoms with Crippen LogP contribution in [0.3, 0.4) is 0 Å². The number of rotatable bonds is 7. The molecule has 0 radical (unpaired) electrons.